The van der Waals surface area contributed by atoms with Crippen molar-refractivity contribution in [2.75, 3.05) is 47.0 Å². The smallest absolute Gasteiger partial charge is 0.191 e. The molecule has 0 spiro atoms. The summed E-state index contributed by atoms with van der Waals surface area (Å²) in [6.07, 6.45) is 2.39. The molecule has 1 unspecified atom stereocenters. The lowest BCUT2D eigenvalue weighted by atomic mass is 9.92. The summed E-state index contributed by atoms with van der Waals surface area (Å²) < 4.78 is 10.7. The highest BCUT2D eigenvalue weighted by Crippen LogP contribution is 2.19. The van der Waals surface area contributed by atoms with Gasteiger partial charge in [-0.2, -0.15) is 0 Å². The van der Waals surface area contributed by atoms with Gasteiger partial charge in [-0.3, -0.25) is 9.89 Å². The average Bonchev–Trinajstić information content (AvgIpc) is 2.75. The summed E-state index contributed by atoms with van der Waals surface area (Å²) in [7, 11) is 3.55. The molecule has 2 rings (SSSR count). The molecular weight excluding hydrogens is 352 g/mol. The number of morpholine rings is 1. The van der Waals surface area contributed by atoms with E-state index in [2.05, 4.69) is 58.6 Å². The number of nitrogens with zero attached hydrogens (tertiary/aromatic N) is 2. The second-order valence-corrected chi connectivity index (χ2v) is 7.35. The number of nitrogens with one attached hydrogen (secondary N) is 2. The molecule has 1 aliphatic heterocycles. The van der Waals surface area contributed by atoms with Crippen LogP contribution in [0.25, 0.3) is 0 Å². The van der Waals surface area contributed by atoms with Crippen LogP contribution in [0.5, 0.6) is 0 Å². The van der Waals surface area contributed by atoms with E-state index in [1.54, 1.807) is 7.11 Å². The number of rotatable bonds is 10. The SMILES string of the molecule is CCC(CC)C(CNC(=NC)NCc1ccc(COC)cc1)N1CCOCC1. The van der Waals surface area contributed by atoms with Gasteiger partial charge in [0.2, 0.25) is 0 Å². The quantitative estimate of drug-likeness (QED) is 0.475. The summed E-state index contributed by atoms with van der Waals surface area (Å²) in [6.45, 7) is 10.6. The van der Waals surface area contributed by atoms with Gasteiger partial charge in [-0.15, -0.1) is 0 Å². The third kappa shape index (κ3) is 7.08. The van der Waals surface area contributed by atoms with Crippen molar-refractivity contribution < 1.29 is 9.47 Å². The third-order valence-electron chi connectivity index (χ3n) is 5.60. The fraction of sp³-hybridized carbons (Fsp3) is 0.682. The van der Waals surface area contributed by atoms with Crippen molar-refractivity contribution in [3.8, 4) is 0 Å². The molecule has 0 radical (unpaired) electrons. The van der Waals surface area contributed by atoms with Gasteiger partial charge in [-0.1, -0.05) is 51.0 Å². The summed E-state index contributed by atoms with van der Waals surface area (Å²) in [4.78, 5) is 6.99. The van der Waals surface area contributed by atoms with E-state index >= 15 is 0 Å². The molecular formula is C22H38N4O2. The minimum absolute atomic E-state index is 0.505. The van der Waals surface area contributed by atoms with Crippen LogP contribution in [0.1, 0.15) is 37.8 Å². The van der Waals surface area contributed by atoms with E-state index in [0.29, 0.717) is 18.6 Å². The van der Waals surface area contributed by atoms with E-state index in [9.17, 15) is 0 Å². The lowest BCUT2D eigenvalue weighted by Gasteiger charge is -2.39. The molecule has 6 heteroatoms. The Bertz CT molecular complexity index is 566. The first-order valence-electron chi connectivity index (χ1n) is 10.5. The van der Waals surface area contributed by atoms with E-state index < -0.39 is 0 Å². The topological polar surface area (TPSA) is 58.1 Å². The summed E-state index contributed by atoms with van der Waals surface area (Å²) in [5, 5.41) is 6.99. The van der Waals surface area contributed by atoms with Crippen molar-refractivity contribution in [1.82, 2.24) is 15.5 Å². The van der Waals surface area contributed by atoms with Crippen molar-refractivity contribution in [2.24, 2.45) is 10.9 Å². The molecule has 1 aliphatic rings. The molecule has 0 amide bonds. The lowest BCUT2D eigenvalue weighted by Crippen LogP contribution is -2.53. The summed E-state index contributed by atoms with van der Waals surface area (Å²) in [6, 6.07) is 8.99. The molecule has 1 aromatic carbocycles. The van der Waals surface area contributed by atoms with Crippen molar-refractivity contribution in [2.45, 2.75) is 45.9 Å². The van der Waals surface area contributed by atoms with Gasteiger partial charge in [-0.05, 0) is 17.0 Å². The van der Waals surface area contributed by atoms with Gasteiger partial charge in [0.15, 0.2) is 5.96 Å². The van der Waals surface area contributed by atoms with Gasteiger partial charge in [0.1, 0.15) is 0 Å². The highest BCUT2D eigenvalue weighted by Gasteiger charge is 2.26. The van der Waals surface area contributed by atoms with Gasteiger partial charge >= 0.3 is 0 Å². The second kappa shape index (κ2) is 12.8. The fourth-order valence-corrected chi connectivity index (χ4v) is 3.86. The Morgan fingerprint density at radius 1 is 1.11 bits per heavy atom. The number of aliphatic imine (C=N–C) groups is 1. The Morgan fingerprint density at radius 3 is 2.32 bits per heavy atom. The Labute approximate surface area is 170 Å². The van der Waals surface area contributed by atoms with E-state index in [0.717, 1.165) is 45.4 Å². The monoisotopic (exact) mass is 390 g/mol. The zero-order chi connectivity index (χ0) is 20.2. The number of hydrogen-bond acceptors (Lipinski definition) is 4. The Hall–Kier alpha value is -1.63. The molecule has 1 saturated heterocycles. The number of benzene rings is 1. The standard InChI is InChI=1S/C22H38N4O2/c1-5-20(6-2)21(26-11-13-28-14-12-26)16-25-22(23-3)24-15-18-7-9-19(10-8-18)17-27-4/h7-10,20-21H,5-6,11-17H2,1-4H3,(H2,23,24,25). The minimum Gasteiger partial charge on any atom is -0.380 e. The largest absolute Gasteiger partial charge is 0.380 e. The molecule has 28 heavy (non-hydrogen) atoms. The van der Waals surface area contributed by atoms with Gasteiger partial charge in [0.25, 0.3) is 0 Å². The molecule has 1 fully saturated rings. The van der Waals surface area contributed by atoms with Crippen molar-refractivity contribution in [1.29, 1.82) is 0 Å². The number of guanidine groups is 1. The molecule has 0 aromatic heterocycles. The number of hydrogen-bond donors (Lipinski definition) is 2. The van der Waals surface area contributed by atoms with Gasteiger partial charge in [0, 0.05) is 46.4 Å². The lowest BCUT2D eigenvalue weighted by molar-refractivity contribution is 0.00272. The molecule has 158 valence electrons. The van der Waals surface area contributed by atoms with Gasteiger partial charge in [0.05, 0.1) is 19.8 Å². The van der Waals surface area contributed by atoms with Crippen molar-refractivity contribution >= 4 is 5.96 Å². The van der Waals surface area contributed by atoms with Crippen molar-refractivity contribution in [3.63, 3.8) is 0 Å². The van der Waals surface area contributed by atoms with Crippen LogP contribution >= 0.6 is 0 Å². The zero-order valence-corrected chi connectivity index (χ0v) is 18.0. The molecule has 1 atom stereocenters. The Kier molecular flexibility index (Phi) is 10.3. The first kappa shape index (κ1) is 22.7. The van der Waals surface area contributed by atoms with E-state index in [1.807, 2.05) is 7.05 Å². The summed E-state index contributed by atoms with van der Waals surface area (Å²) >= 11 is 0. The maximum Gasteiger partial charge on any atom is 0.191 e. The summed E-state index contributed by atoms with van der Waals surface area (Å²) in [5.74, 6) is 1.53. The molecule has 0 aliphatic carbocycles. The molecule has 1 aromatic rings. The van der Waals surface area contributed by atoms with E-state index in [4.69, 9.17) is 9.47 Å². The molecule has 0 bridgehead atoms. The van der Waals surface area contributed by atoms with E-state index in [-0.39, 0.29) is 0 Å². The number of methoxy groups -OCH3 is 1. The van der Waals surface area contributed by atoms with Gasteiger partial charge < -0.3 is 20.1 Å². The maximum atomic E-state index is 5.55. The highest BCUT2D eigenvalue weighted by molar-refractivity contribution is 5.79. The molecule has 2 N–H and O–H groups in total. The first-order valence-corrected chi connectivity index (χ1v) is 10.5. The van der Waals surface area contributed by atoms with Gasteiger partial charge in [-0.25, -0.2) is 0 Å². The Morgan fingerprint density at radius 2 is 1.75 bits per heavy atom. The molecule has 0 saturated carbocycles. The second-order valence-electron chi connectivity index (χ2n) is 7.35. The van der Waals surface area contributed by atoms with Crippen LogP contribution in [0, 0.1) is 5.92 Å². The van der Waals surface area contributed by atoms with E-state index in [1.165, 1.54) is 24.0 Å². The zero-order valence-electron chi connectivity index (χ0n) is 18.0. The first-order chi connectivity index (χ1) is 13.7. The fourth-order valence-electron chi connectivity index (χ4n) is 3.86. The van der Waals surface area contributed by atoms with Crippen LogP contribution in [0.15, 0.2) is 29.3 Å². The van der Waals surface area contributed by atoms with Crippen molar-refractivity contribution in [3.05, 3.63) is 35.4 Å². The number of ether oxygens (including phenoxy) is 2. The third-order valence-corrected chi connectivity index (χ3v) is 5.60. The van der Waals surface area contributed by atoms with Crippen LogP contribution in [0.2, 0.25) is 0 Å². The predicted octanol–water partition coefficient (Wildman–Crippen LogP) is 2.64. The maximum absolute atomic E-state index is 5.55. The van der Waals surface area contributed by atoms with Crippen LogP contribution in [-0.2, 0) is 22.6 Å². The Balaban J connectivity index is 1.88. The highest BCUT2D eigenvalue weighted by atomic mass is 16.5. The van der Waals surface area contributed by atoms with Crippen LogP contribution < -0.4 is 10.6 Å². The molecule has 1 heterocycles. The molecule has 6 nitrogen and oxygen atoms in total. The van der Waals surface area contributed by atoms with Crippen LogP contribution in [0.3, 0.4) is 0 Å². The minimum atomic E-state index is 0.505. The average molecular weight is 391 g/mol. The predicted molar refractivity (Wildman–Crippen MR) is 116 cm³/mol. The normalized spacial score (nSPS) is 17.0. The summed E-state index contributed by atoms with van der Waals surface area (Å²) in [5.41, 5.74) is 2.42. The van der Waals surface area contributed by atoms with Crippen LogP contribution in [-0.4, -0.2) is 63.9 Å². The van der Waals surface area contributed by atoms with Crippen LogP contribution in [0.4, 0.5) is 0 Å².